The topological polar surface area (TPSA) is 9.23 Å². The summed E-state index contributed by atoms with van der Waals surface area (Å²) in [5, 5.41) is 0. The summed E-state index contributed by atoms with van der Waals surface area (Å²) >= 11 is 0. The van der Waals surface area contributed by atoms with Crippen molar-refractivity contribution in [2.75, 3.05) is 0 Å². The summed E-state index contributed by atoms with van der Waals surface area (Å²) in [6.07, 6.45) is 3.09. The Morgan fingerprint density at radius 1 is 0.909 bits per heavy atom. The van der Waals surface area contributed by atoms with Gasteiger partial charge in [0.05, 0.1) is 12.2 Å². The summed E-state index contributed by atoms with van der Waals surface area (Å²) in [5.74, 6) is 0. The van der Waals surface area contributed by atoms with Crippen molar-refractivity contribution in [3.63, 3.8) is 0 Å². The SMILES string of the molecule is CC.CC[C@@H](C)O[C@@H](C)CC. The second kappa shape index (κ2) is 9.96. The van der Waals surface area contributed by atoms with Gasteiger partial charge in [0.1, 0.15) is 0 Å². The Hall–Kier alpha value is -0.0400. The normalized spacial score (nSPS) is 14.7. The highest BCUT2D eigenvalue weighted by Crippen LogP contribution is 2.03. The fourth-order valence-corrected chi connectivity index (χ4v) is 0.589. The summed E-state index contributed by atoms with van der Waals surface area (Å²) in [6.45, 7) is 12.5. The quantitative estimate of drug-likeness (QED) is 0.610. The van der Waals surface area contributed by atoms with Gasteiger partial charge in [-0.25, -0.2) is 0 Å². The molecule has 0 aliphatic heterocycles. The van der Waals surface area contributed by atoms with Crippen molar-refractivity contribution in [1.29, 1.82) is 0 Å². The van der Waals surface area contributed by atoms with E-state index < -0.39 is 0 Å². The first-order chi connectivity index (χ1) is 5.20. The van der Waals surface area contributed by atoms with Gasteiger partial charge in [-0.15, -0.1) is 0 Å². The second-order valence-corrected chi connectivity index (χ2v) is 2.57. The molecule has 0 saturated carbocycles. The third-order valence-electron chi connectivity index (χ3n) is 1.61. The predicted octanol–water partition coefficient (Wildman–Crippen LogP) is 3.63. The number of hydrogen-bond donors (Lipinski definition) is 0. The van der Waals surface area contributed by atoms with Crippen LogP contribution in [0.5, 0.6) is 0 Å². The van der Waals surface area contributed by atoms with Gasteiger partial charge in [0.15, 0.2) is 0 Å². The first kappa shape index (κ1) is 13.5. The fourth-order valence-electron chi connectivity index (χ4n) is 0.589. The highest BCUT2D eigenvalue weighted by Gasteiger charge is 2.02. The zero-order valence-corrected chi connectivity index (χ0v) is 8.98. The maximum absolute atomic E-state index is 5.55. The van der Waals surface area contributed by atoms with E-state index >= 15 is 0 Å². The van der Waals surface area contributed by atoms with Gasteiger partial charge in [-0.3, -0.25) is 0 Å². The van der Waals surface area contributed by atoms with Gasteiger partial charge in [-0.1, -0.05) is 27.7 Å². The van der Waals surface area contributed by atoms with Crippen LogP contribution in [0.15, 0.2) is 0 Å². The van der Waals surface area contributed by atoms with E-state index in [1.165, 1.54) is 0 Å². The van der Waals surface area contributed by atoms with Gasteiger partial charge in [0.2, 0.25) is 0 Å². The molecule has 0 fully saturated rings. The largest absolute Gasteiger partial charge is 0.376 e. The van der Waals surface area contributed by atoms with Crippen molar-refractivity contribution in [2.24, 2.45) is 0 Å². The van der Waals surface area contributed by atoms with Crippen LogP contribution in [0.3, 0.4) is 0 Å². The molecule has 0 unspecified atom stereocenters. The lowest BCUT2D eigenvalue weighted by Crippen LogP contribution is -2.14. The molecule has 2 atom stereocenters. The summed E-state index contributed by atoms with van der Waals surface area (Å²) in [6, 6.07) is 0. The minimum atomic E-state index is 0.431. The predicted molar refractivity (Wildman–Crippen MR) is 51.9 cm³/mol. The van der Waals surface area contributed by atoms with E-state index in [2.05, 4.69) is 27.7 Å². The van der Waals surface area contributed by atoms with Crippen molar-refractivity contribution in [3.8, 4) is 0 Å². The molecule has 0 aromatic rings. The molecular weight excluding hydrogens is 136 g/mol. The van der Waals surface area contributed by atoms with Crippen LogP contribution in [0.1, 0.15) is 54.4 Å². The molecule has 11 heavy (non-hydrogen) atoms. The van der Waals surface area contributed by atoms with Gasteiger partial charge in [0.25, 0.3) is 0 Å². The maximum Gasteiger partial charge on any atom is 0.0548 e. The van der Waals surface area contributed by atoms with E-state index in [1.54, 1.807) is 0 Å². The van der Waals surface area contributed by atoms with Crippen LogP contribution < -0.4 is 0 Å². The summed E-state index contributed by atoms with van der Waals surface area (Å²) in [4.78, 5) is 0. The Morgan fingerprint density at radius 2 is 1.18 bits per heavy atom. The van der Waals surface area contributed by atoms with Crippen LogP contribution in [0.2, 0.25) is 0 Å². The van der Waals surface area contributed by atoms with E-state index in [-0.39, 0.29) is 0 Å². The molecule has 0 amide bonds. The van der Waals surface area contributed by atoms with E-state index in [4.69, 9.17) is 4.74 Å². The molecule has 0 aliphatic rings. The highest BCUT2D eigenvalue weighted by atomic mass is 16.5. The van der Waals surface area contributed by atoms with Crippen LogP contribution in [0.4, 0.5) is 0 Å². The molecule has 0 aromatic heterocycles. The molecule has 0 bridgehead atoms. The Bertz CT molecular complexity index is 53.9. The third-order valence-corrected chi connectivity index (χ3v) is 1.61. The molecule has 0 spiro atoms. The molecular formula is C10H24O. The fraction of sp³-hybridized carbons (Fsp3) is 1.00. The molecule has 1 heteroatoms. The van der Waals surface area contributed by atoms with Crippen LogP contribution >= 0.6 is 0 Å². The standard InChI is InChI=1S/C8H18O.C2H6/c1-5-7(3)9-8(4)6-2;1-2/h7-8H,5-6H2,1-4H3;1-2H3/t7-,8+;. The number of hydrogen-bond acceptors (Lipinski definition) is 1. The van der Waals surface area contributed by atoms with Crippen molar-refractivity contribution < 1.29 is 4.74 Å². The number of ether oxygens (including phenoxy) is 1. The minimum Gasteiger partial charge on any atom is -0.376 e. The molecule has 0 heterocycles. The average molecular weight is 160 g/mol. The molecule has 0 radical (unpaired) electrons. The second-order valence-electron chi connectivity index (χ2n) is 2.57. The lowest BCUT2D eigenvalue weighted by atomic mass is 10.3. The van der Waals surface area contributed by atoms with E-state index in [1.807, 2.05) is 13.8 Å². The summed E-state index contributed by atoms with van der Waals surface area (Å²) in [5.41, 5.74) is 0. The van der Waals surface area contributed by atoms with Crippen molar-refractivity contribution in [1.82, 2.24) is 0 Å². The van der Waals surface area contributed by atoms with Crippen molar-refractivity contribution in [2.45, 2.75) is 66.6 Å². The summed E-state index contributed by atoms with van der Waals surface area (Å²) in [7, 11) is 0. The molecule has 1 nitrogen and oxygen atoms in total. The van der Waals surface area contributed by atoms with Crippen LogP contribution in [-0.2, 0) is 4.74 Å². The lowest BCUT2D eigenvalue weighted by molar-refractivity contribution is 0.00511. The lowest BCUT2D eigenvalue weighted by Gasteiger charge is -2.15. The first-order valence-corrected chi connectivity index (χ1v) is 4.86. The molecule has 0 aliphatic carbocycles. The molecule has 0 aromatic carbocycles. The van der Waals surface area contributed by atoms with E-state index in [0.29, 0.717) is 12.2 Å². The Labute approximate surface area is 72.1 Å². The Morgan fingerprint density at radius 3 is 1.36 bits per heavy atom. The Balaban J connectivity index is 0. The smallest absolute Gasteiger partial charge is 0.0548 e. The van der Waals surface area contributed by atoms with Crippen LogP contribution in [-0.4, -0.2) is 12.2 Å². The van der Waals surface area contributed by atoms with Gasteiger partial charge in [-0.2, -0.15) is 0 Å². The van der Waals surface area contributed by atoms with Gasteiger partial charge in [0, 0.05) is 0 Å². The van der Waals surface area contributed by atoms with Gasteiger partial charge >= 0.3 is 0 Å². The molecule has 70 valence electrons. The minimum absolute atomic E-state index is 0.431. The monoisotopic (exact) mass is 160 g/mol. The number of rotatable bonds is 4. The highest BCUT2D eigenvalue weighted by molar-refractivity contribution is 4.50. The zero-order chi connectivity index (χ0) is 9.28. The van der Waals surface area contributed by atoms with Crippen molar-refractivity contribution >= 4 is 0 Å². The zero-order valence-electron chi connectivity index (χ0n) is 8.98. The van der Waals surface area contributed by atoms with E-state index in [0.717, 1.165) is 12.8 Å². The third kappa shape index (κ3) is 9.96. The van der Waals surface area contributed by atoms with Gasteiger partial charge in [-0.05, 0) is 26.7 Å². The molecule has 0 saturated heterocycles. The first-order valence-electron chi connectivity index (χ1n) is 4.86. The van der Waals surface area contributed by atoms with Gasteiger partial charge < -0.3 is 4.74 Å². The summed E-state index contributed by atoms with van der Waals surface area (Å²) < 4.78 is 5.55. The maximum atomic E-state index is 5.55. The Kier molecular flexibility index (Phi) is 12.3. The molecule has 0 N–H and O–H groups in total. The molecule has 0 rings (SSSR count). The van der Waals surface area contributed by atoms with Crippen LogP contribution in [0.25, 0.3) is 0 Å². The van der Waals surface area contributed by atoms with Crippen LogP contribution in [0, 0.1) is 0 Å². The average Bonchev–Trinajstić information content (AvgIpc) is 2.07. The van der Waals surface area contributed by atoms with E-state index in [9.17, 15) is 0 Å². The van der Waals surface area contributed by atoms with Crippen molar-refractivity contribution in [3.05, 3.63) is 0 Å².